The number of nitrogens with zero attached hydrogens (tertiary/aromatic N) is 1. The van der Waals surface area contributed by atoms with Crippen LogP contribution in [0.15, 0.2) is 42.5 Å². The molecule has 1 saturated heterocycles. The number of rotatable bonds is 6. The van der Waals surface area contributed by atoms with E-state index in [1.54, 1.807) is 4.90 Å². The van der Waals surface area contributed by atoms with E-state index >= 15 is 0 Å². The van der Waals surface area contributed by atoms with Crippen molar-refractivity contribution in [3.05, 3.63) is 48.0 Å². The van der Waals surface area contributed by atoms with Crippen LogP contribution in [0.5, 0.6) is 0 Å². The summed E-state index contributed by atoms with van der Waals surface area (Å²) in [6.45, 7) is 5.30. The van der Waals surface area contributed by atoms with Gasteiger partial charge in [-0.2, -0.15) is 0 Å². The Labute approximate surface area is 149 Å². The van der Waals surface area contributed by atoms with Crippen LogP contribution < -0.4 is 5.32 Å². The Morgan fingerprint density at radius 2 is 1.92 bits per heavy atom. The summed E-state index contributed by atoms with van der Waals surface area (Å²) in [5.74, 6) is -0.00536. The van der Waals surface area contributed by atoms with E-state index < -0.39 is 5.54 Å². The molecule has 1 unspecified atom stereocenters. The van der Waals surface area contributed by atoms with E-state index in [9.17, 15) is 9.59 Å². The maximum absolute atomic E-state index is 12.8. The topological polar surface area (TPSA) is 49.4 Å². The summed E-state index contributed by atoms with van der Waals surface area (Å²) in [7, 11) is 0. The normalized spacial score (nSPS) is 19.5. The first-order chi connectivity index (χ1) is 12.1. The molecule has 2 amide bonds. The first kappa shape index (κ1) is 17.5. The summed E-state index contributed by atoms with van der Waals surface area (Å²) in [5, 5.41) is 5.21. The summed E-state index contributed by atoms with van der Waals surface area (Å²) in [6.07, 6.45) is 3.07. The summed E-state index contributed by atoms with van der Waals surface area (Å²) in [4.78, 5) is 27.1. The number of carbonyl (C=O) groups excluding carboxylic acids is 2. The van der Waals surface area contributed by atoms with Gasteiger partial charge in [0.2, 0.25) is 11.8 Å². The maximum atomic E-state index is 12.8. The molecule has 1 fully saturated rings. The molecule has 0 bridgehead atoms. The number of amides is 2. The standard InChI is InChI=1S/C21H26N2O2/c1-3-4-13-22-20(25)21(2)12-14-23(21)19(24)15-17-10-7-9-16-8-5-6-11-18(16)17/h5-11H,3-4,12-15H2,1-2H3,(H,22,25). The molecule has 0 aliphatic carbocycles. The van der Waals surface area contributed by atoms with Crippen molar-refractivity contribution in [3.8, 4) is 0 Å². The van der Waals surface area contributed by atoms with Gasteiger partial charge in [-0.25, -0.2) is 0 Å². The van der Waals surface area contributed by atoms with Crippen molar-refractivity contribution in [1.82, 2.24) is 10.2 Å². The van der Waals surface area contributed by atoms with Crippen LogP contribution in [0.3, 0.4) is 0 Å². The summed E-state index contributed by atoms with van der Waals surface area (Å²) < 4.78 is 0. The maximum Gasteiger partial charge on any atom is 0.245 e. The van der Waals surface area contributed by atoms with Crippen LogP contribution >= 0.6 is 0 Å². The van der Waals surface area contributed by atoms with Gasteiger partial charge in [-0.15, -0.1) is 0 Å². The van der Waals surface area contributed by atoms with E-state index in [0.29, 0.717) is 19.5 Å². The average molecular weight is 338 g/mol. The second kappa shape index (κ2) is 7.26. The van der Waals surface area contributed by atoms with E-state index in [1.165, 1.54) is 0 Å². The minimum atomic E-state index is -0.699. The van der Waals surface area contributed by atoms with Crippen molar-refractivity contribution in [2.45, 2.75) is 45.1 Å². The lowest BCUT2D eigenvalue weighted by Crippen LogP contribution is -2.67. The molecule has 2 aromatic carbocycles. The fourth-order valence-electron chi connectivity index (χ4n) is 3.47. The summed E-state index contributed by atoms with van der Waals surface area (Å²) in [6, 6.07) is 14.1. The third-order valence-electron chi connectivity index (χ3n) is 5.25. The third-order valence-corrected chi connectivity index (χ3v) is 5.25. The number of carbonyl (C=O) groups is 2. The second-order valence-electron chi connectivity index (χ2n) is 6.99. The van der Waals surface area contributed by atoms with Gasteiger partial charge in [0.05, 0.1) is 6.42 Å². The van der Waals surface area contributed by atoms with Crippen LogP contribution in [-0.4, -0.2) is 35.3 Å². The lowest BCUT2D eigenvalue weighted by Gasteiger charge is -2.49. The molecular formula is C21H26N2O2. The Balaban J connectivity index is 1.71. The highest BCUT2D eigenvalue weighted by Crippen LogP contribution is 2.32. The van der Waals surface area contributed by atoms with E-state index in [4.69, 9.17) is 0 Å². The van der Waals surface area contributed by atoms with Crippen LogP contribution in [0.25, 0.3) is 10.8 Å². The van der Waals surface area contributed by atoms with E-state index in [2.05, 4.69) is 24.4 Å². The van der Waals surface area contributed by atoms with Gasteiger partial charge in [0.1, 0.15) is 5.54 Å². The predicted molar refractivity (Wildman–Crippen MR) is 100 cm³/mol. The third kappa shape index (κ3) is 3.39. The summed E-state index contributed by atoms with van der Waals surface area (Å²) >= 11 is 0. The minimum Gasteiger partial charge on any atom is -0.354 e. The Morgan fingerprint density at radius 1 is 1.16 bits per heavy atom. The Morgan fingerprint density at radius 3 is 2.64 bits per heavy atom. The monoisotopic (exact) mass is 338 g/mol. The lowest BCUT2D eigenvalue weighted by atomic mass is 9.84. The number of fused-ring (bicyclic) bond motifs is 1. The Kier molecular flexibility index (Phi) is 5.07. The second-order valence-corrected chi connectivity index (χ2v) is 6.99. The van der Waals surface area contributed by atoms with Gasteiger partial charge in [-0.3, -0.25) is 9.59 Å². The van der Waals surface area contributed by atoms with Crippen LogP contribution in [0, 0.1) is 0 Å². The molecule has 1 aliphatic rings. The average Bonchev–Trinajstić information content (AvgIpc) is 2.60. The number of nitrogens with one attached hydrogen (secondary N) is 1. The highest BCUT2D eigenvalue weighted by atomic mass is 16.2. The molecule has 2 aromatic rings. The van der Waals surface area contributed by atoms with Crippen LogP contribution in [0.4, 0.5) is 0 Å². The van der Waals surface area contributed by atoms with Gasteiger partial charge in [-0.05, 0) is 36.1 Å². The molecule has 1 atom stereocenters. The molecular weight excluding hydrogens is 312 g/mol. The van der Waals surface area contributed by atoms with Crippen molar-refractivity contribution in [1.29, 1.82) is 0 Å². The highest BCUT2D eigenvalue weighted by Gasteiger charge is 2.48. The van der Waals surface area contributed by atoms with Gasteiger partial charge in [0.25, 0.3) is 0 Å². The van der Waals surface area contributed by atoms with Crippen molar-refractivity contribution >= 4 is 22.6 Å². The molecule has 0 radical (unpaired) electrons. The molecule has 132 valence electrons. The fourth-order valence-corrected chi connectivity index (χ4v) is 3.47. The van der Waals surface area contributed by atoms with Gasteiger partial charge in [0, 0.05) is 13.1 Å². The quantitative estimate of drug-likeness (QED) is 0.822. The Bertz CT molecular complexity index is 781. The predicted octanol–water partition coefficient (Wildman–Crippen LogP) is 3.29. The molecule has 0 saturated carbocycles. The molecule has 1 N–H and O–H groups in total. The smallest absolute Gasteiger partial charge is 0.245 e. The SMILES string of the molecule is CCCCNC(=O)C1(C)CCN1C(=O)Cc1cccc2ccccc12. The van der Waals surface area contributed by atoms with Gasteiger partial charge in [0.15, 0.2) is 0 Å². The number of hydrogen-bond donors (Lipinski definition) is 1. The fraction of sp³-hybridized carbons (Fsp3) is 0.429. The molecule has 4 heteroatoms. The van der Waals surface area contributed by atoms with Gasteiger partial charge < -0.3 is 10.2 Å². The largest absolute Gasteiger partial charge is 0.354 e. The zero-order valence-electron chi connectivity index (χ0n) is 15.0. The zero-order chi connectivity index (χ0) is 17.9. The van der Waals surface area contributed by atoms with Gasteiger partial charge in [-0.1, -0.05) is 55.8 Å². The molecule has 0 spiro atoms. The highest BCUT2D eigenvalue weighted by molar-refractivity contribution is 5.95. The molecule has 25 heavy (non-hydrogen) atoms. The number of unbranched alkanes of at least 4 members (excludes halogenated alkanes) is 1. The number of hydrogen-bond acceptors (Lipinski definition) is 2. The molecule has 1 heterocycles. The minimum absolute atomic E-state index is 0.0238. The van der Waals surface area contributed by atoms with Crippen LogP contribution in [0.2, 0.25) is 0 Å². The molecule has 1 aliphatic heterocycles. The Hall–Kier alpha value is -2.36. The zero-order valence-corrected chi connectivity index (χ0v) is 15.0. The van der Waals surface area contributed by atoms with Crippen molar-refractivity contribution in [2.24, 2.45) is 0 Å². The van der Waals surface area contributed by atoms with Crippen LogP contribution in [-0.2, 0) is 16.0 Å². The van der Waals surface area contributed by atoms with E-state index in [-0.39, 0.29) is 11.8 Å². The molecule has 3 rings (SSSR count). The van der Waals surface area contributed by atoms with Crippen LogP contribution in [0.1, 0.15) is 38.7 Å². The number of likely N-dealkylation sites (tertiary alicyclic amines) is 1. The molecule has 0 aromatic heterocycles. The van der Waals surface area contributed by atoms with E-state index in [0.717, 1.165) is 35.6 Å². The van der Waals surface area contributed by atoms with Gasteiger partial charge >= 0.3 is 0 Å². The number of benzene rings is 2. The first-order valence-electron chi connectivity index (χ1n) is 9.11. The van der Waals surface area contributed by atoms with E-state index in [1.807, 2.05) is 37.3 Å². The van der Waals surface area contributed by atoms with Crippen molar-refractivity contribution in [2.75, 3.05) is 13.1 Å². The van der Waals surface area contributed by atoms with Crippen molar-refractivity contribution < 1.29 is 9.59 Å². The lowest BCUT2D eigenvalue weighted by molar-refractivity contribution is -0.157. The molecule has 4 nitrogen and oxygen atoms in total. The summed E-state index contributed by atoms with van der Waals surface area (Å²) in [5.41, 5.74) is 0.318. The first-order valence-corrected chi connectivity index (χ1v) is 9.11. The van der Waals surface area contributed by atoms with Crippen molar-refractivity contribution in [3.63, 3.8) is 0 Å².